The molecule has 1 atom stereocenters. The molecule has 1 unspecified atom stereocenters. The van der Waals surface area contributed by atoms with Gasteiger partial charge in [0, 0.05) is 23.5 Å². The van der Waals surface area contributed by atoms with Crippen LogP contribution in [-0.2, 0) is 6.61 Å². The van der Waals surface area contributed by atoms with Crippen LogP contribution in [0.4, 0.5) is 0 Å². The molecule has 1 aromatic heterocycles. The van der Waals surface area contributed by atoms with E-state index in [-0.39, 0.29) is 12.5 Å². The Bertz CT molecular complexity index is 525. The van der Waals surface area contributed by atoms with Crippen LogP contribution in [0.15, 0.2) is 36.7 Å². The molecule has 4 nitrogen and oxygen atoms in total. The molecule has 1 aliphatic rings. The Morgan fingerprint density at radius 1 is 1.24 bits per heavy atom. The maximum absolute atomic E-state index is 8.95. The molecule has 0 saturated carbocycles. The van der Waals surface area contributed by atoms with Gasteiger partial charge in [0.15, 0.2) is 0 Å². The molecule has 17 heavy (non-hydrogen) atoms. The normalized spacial score (nSPS) is 17.6. The highest BCUT2D eigenvalue weighted by Gasteiger charge is 2.27. The van der Waals surface area contributed by atoms with Crippen molar-refractivity contribution >= 4 is 0 Å². The van der Waals surface area contributed by atoms with Gasteiger partial charge in [-0.2, -0.15) is 0 Å². The third-order valence-electron chi connectivity index (χ3n) is 2.92. The molecular weight excluding hydrogens is 216 g/mol. The molecule has 0 fully saturated rings. The number of hydrogen-bond acceptors (Lipinski definition) is 4. The Hall–Kier alpha value is -1.94. The minimum atomic E-state index is -0.0297. The molecule has 0 bridgehead atoms. The van der Waals surface area contributed by atoms with E-state index in [2.05, 4.69) is 9.97 Å². The van der Waals surface area contributed by atoms with Gasteiger partial charge in [-0.3, -0.25) is 0 Å². The van der Waals surface area contributed by atoms with Crippen LogP contribution in [0.3, 0.4) is 0 Å². The van der Waals surface area contributed by atoms with Gasteiger partial charge in [0.2, 0.25) is 0 Å². The summed E-state index contributed by atoms with van der Waals surface area (Å²) in [5, 5.41) is 8.95. The van der Waals surface area contributed by atoms with Gasteiger partial charge < -0.3 is 9.84 Å². The number of aromatic nitrogens is 2. The molecule has 1 aromatic carbocycles. The molecular formula is C13H12N2O2. The van der Waals surface area contributed by atoms with Crippen LogP contribution in [0.1, 0.15) is 22.9 Å². The minimum absolute atomic E-state index is 0.0297. The number of nitrogens with zero attached hydrogens (tertiary/aromatic N) is 2. The lowest BCUT2D eigenvalue weighted by Gasteiger charge is -2.07. The predicted octanol–water partition coefficient (Wildman–Crippen LogP) is 1.49. The van der Waals surface area contributed by atoms with Gasteiger partial charge in [-0.05, 0) is 6.07 Å². The van der Waals surface area contributed by atoms with Crippen molar-refractivity contribution in [2.45, 2.75) is 12.5 Å². The standard InChI is InChI=1S/C13H12N2O2/c16-7-9-5-14-13(15-6-9)11-8-17-12-4-2-1-3-10(11)12/h1-6,11,16H,7-8H2. The number of fused-ring (bicyclic) bond motifs is 1. The van der Waals surface area contributed by atoms with Gasteiger partial charge >= 0.3 is 0 Å². The van der Waals surface area contributed by atoms with Crippen LogP contribution in [0.2, 0.25) is 0 Å². The summed E-state index contributed by atoms with van der Waals surface area (Å²) in [7, 11) is 0. The first kappa shape index (κ1) is 10.2. The number of benzene rings is 1. The van der Waals surface area contributed by atoms with E-state index in [1.165, 1.54) is 0 Å². The van der Waals surface area contributed by atoms with Crippen LogP contribution >= 0.6 is 0 Å². The van der Waals surface area contributed by atoms with Crippen molar-refractivity contribution in [3.05, 3.63) is 53.6 Å². The second-order valence-corrected chi connectivity index (χ2v) is 4.01. The van der Waals surface area contributed by atoms with Gasteiger partial charge in [-0.1, -0.05) is 18.2 Å². The fraction of sp³-hybridized carbons (Fsp3) is 0.231. The maximum atomic E-state index is 8.95. The molecule has 2 heterocycles. The SMILES string of the molecule is OCc1cnc(C2COc3ccccc32)nc1. The van der Waals surface area contributed by atoms with E-state index in [0.717, 1.165) is 22.7 Å². The number of rotatable bonds is 2. The summed E-state index contributed by atoms with van der Waals surface area (Å²) >= 11 is 0. The largest absolute Gasteiger partial charge is 0.492 e. The Morgan fingerprint density at radius 2 is 2.00 bits per heavy atom. The highest BCUT2D eigenvalue weighted by Crippen LogP contribution is 2.36. The molecule has 0 amide bonds. The molecule has 1 N–H and O–H groups in total. The number of ether oxygens (including phenoxy) is 1. The van der Waals surface area contributed by atoms with Crippen molar-refractivity contribution in [1.29, 1.82) is 0 Å². The van der Waals surface area contributed by atoms with Crippen molar-refractivity contribution in [3.8, 4) is 5.75 Å². The van der Waals surface area contributed by atoms with Crippen LogP contribution in [0.5, 0.6) is 5.75 Å². The second-order valence-electron chi connectivity index (χ2n) is 4.01. The zero-order chi connectivity index (χ0) is 11.7. The smallest absolute Gasteiger partial charge is 0.139 e. The summed E-state index contributed by atoms with van der Waals surface area (Å²) < 4.78 is 5.59. The van der Waals surface area contributed by atoms with E-state index in [0.29, 0.717) is 6.61 Å². The zero-order valence-electron chi connectivity index (χ0n) is 9.21. The van der Waals surface area contributed by atoms with Gasteiger partial charge in [0.1, 0.15) is 18.2 Å². The first-order chi connectivity index (χ1) is 8.38. The zero-order valence-corrected chi connectivity index (χ0v) is 9.21. The van der Waals surface area contributed by atoms with Gasteiger partial charge in [-0.25, -0.2) is 9.97 Å². The summed E-state index contributed by atoms with van der Waals surface area (Å²) in [4.78, 5) is 8.56. The Morgan fingerprint density at radius 3 is 2.76 bits per heavy atom. The number of aliphatic hydroxyl groups excluding tert-OH is 1. The van der Waals surface area contributed by atoms with E-state index in [1.54, 1.807) is 12.4 Å². The Labute approximate surface area is 98.9 Å². The molecule has 0 spiro atoms. The molecule has 86 valence electrons. The van der Waals surface area contributed by atoms with E-state index in [1.807, 2.05) is 24.3 Å². The number of aliphatic hydroxyl groups is 1. The van der Waals surface area contributed by atoms with Gasteiger partial charge in [0.05, 0.1) is 12.5 Å². The lowest BCUT2D eigenvalue weighted by molar-refractivity contribution is 0.280. The third-order valence-corrected chi connectivity index (χ3v) is 2.92. The topological polar surface area (TPSA) is 55.2 Å². The molecule has 2 aromatic rings. The summed E-state index contributed by atoms with van der Waals surface area (Å²) in [5.41, 5.74) is 1.85. The third kappa shape index (κ3) is 1.76. The summed E-state index contributed by atoms with van der Waals surface area (Å²) in [5.74, 6) is 1.75. The van der Waals surface area contributed by atoms with Crippen molar-refractivity contribution in [2.75, 3.05) is 6.61 Å². The van der Waals surface area contributed by atoms with Crippen LogP contribution in [-0.4, -0.2) is 21.7 Å². The molecule has 0 aliphatic carbocycles. The molecule has 3 rings (SSSR count). The average Bonchev–Trinajstić information content (AvgIpc) is 2.83. The lowest BCUT2D eigenvalue weighted by atomic mass is 10.0. The summed E-state index contributed by atoms with van der Waals surface area (Å²) in [6.45, 7) is 0.551. The number of hydrogen-bond donors (Lipinski definition) is 1. The Balaban J connectivity index is 1.95. The van der Waals surface area contributed by atoms with Crippen LogP contribution in [0, 0.1) is 0 Å². The van der Waals surface area contributed by atoms with E-state index in [9.17, 15) is 0 Å². The first-order valence-corrected chi connectivity index (χ1v) is 5.52. The van der Waals surface area contributed by atoms with Crippen LogP contribution in [0.25, 0.3) is 0 Å². The molecule has 1 aliphatic heterocycles. The van der Waals surface area contributed by atoms with Crippen LogP contribution < -0.4 is 4.74 Å². The van der Waals surface area contributed by atoms with E-state index >= 15 is 0 Å². The fourth-order valence-electron chi connectivity index (χ4n) is 2.00. The predicted molar refractivity (Wildman–Crippen MR) is 61.7 cm³/mol. The van der Waals surface area contributed by atoms with E-state index < -0.39 is 0 Å². The fourth-order valence-corrected chi connectivity index (χ4v) is 2.00. The lowest BCUT2D eigenvalue weighted by Crippen LogP contribution is -2.07. The minimum Gasteiger partial charge on any atom is -0.492 e. The molecule has 4 heteroatoms. The highest BCUT2D eigenvalue weighted by molar-refractivity contribution is 5.42. The first-order valence-electron chi connectivity index (χ1n) is 5.52. The maximum Gasteiger partial charge on any atom is 0.139 e. The monoisotopic (exact) mass is 228 g/mol. The quantitative estimate of drug-likeness (QED) is 0.846. The summed E-state index contributed by atoms with van der Waals surface area (Å²) in [6.07, 6.45) is 3.31. The highest BCUT2D eigenvalue weighted by atomic mass is 16.5. The van der Waals surface area contributed by atoms with Crippen molar-refractivity contribution < 1.29 is 9.84 Å². The van der Waals surface area contributed by atoms with Crippen molar-refractivity contribution in [3.63, 3.8) is 0 Å². The van der Waals surface area contributed by atoms with Crippen molar-refractivity contribution in [1.82, 2.24) is 9.97 Å². The average molecular weight is 228 g/mol. The van der Waals surface area contributed by atoms with Gasteiger partial charge in [-0.15, -0.1) is 0 Å². The second kappa shape index (κ2) is 4.14. The van der Waals surface area contributed by atoms with E-state index in [4.69, 9.17) is 9.84 Å². The number of para-hydroxylation sites is 1. The Kier molecular flexibility index (Phi) is 2.49. The van der Waals surface area contributed by atoms with Gasteiger partial charge in [0.25, 0.3) is 0 Å². The van der Waals surface area contributed by atoms with Crippen molar-refractivity contribution in [2.24, 2.45) is 0 Å². The molecule has 0 radical (unpaired) electrons. The molecule has 0 saturated heterocycles. The summed E-state index contributed by atoms with van der Waals surface area (Å²) in [6, 6.07) is 7.94.